The zero-order chi connectivity index (χ0) is 29.4. The van der Waals surface area contributed by atoms with E-state index >= 15 is 0 Å². The van der Waals surface area contributed by atoms with Gasteiger partial charge < -0.3 is 28.8 Å². The molecule has 0 aliphatic heterocycles. The Bertz CT molecular complexity index is 1640. The molecule has 13 nitrogen and oxygen atoms in total. The van der Waals surface area contributed by atoms with Crippen molar-refractivity contribution < 1.29 is 28.5 Å². The van der Waals surface area contributed by atoms with Crippen molar-refractivity contribution in [1.82, 2.24) is 24.0 Å². The highest BCUT2D eigenvalue weighted by Crippen LogP contribution is 2.27. The second-order valence-electron chi connectivity index (χ2n) is 8.98. The van der Waals surface area contributed by atoms with Gasteiger partial charge >= 0.3 is 11.7 Å². The number of amides is 1. The summed E-state index contributed by atoms with van der Waals surface area (Å²) in [6.45, 7) is -0.360. The Balaban J connectivity index is 1.49. The highest BCUT2D eigenvalue weighted by Gasteiger charge is 2.21. The van der Waals surface area contributed by atoms with Crippen LogP contribution in [0, 0.1) is 0 Å². The van der Waals surface area contributed by atoms with Crippen molar-refractivity contribution in [3.63, 3.8) is 0 Å². The van der Waals surface area contributed by atoms with Gasteiger partial charge in [-0.05, 0) is 23.3 Å². The molecule has 0 atom stereocenters. The Labute approximate surface area is 234 Å². The van der Waals surface area contributed by atoms with Crippen molar-refractivity contribution >= 4 is 23.0 Å². The van der Waals surface area contributed by atoms with Gasteiger partial charge in [0.2, 0.25) is 0 Å². The first-order valence-corrected chi connectivity index (χ1v) is 12.7. The van der Waals surface area contributed by atoms with Crippen LogP contribution < -0.4 is 26.0 Å². The minimum atomic E-state index is -0.918. The fourth-order valence-electron chi connectivity index (χ4n) is 4.21. The zero-order valence-corrected chi connectivity index (χ0v) is 23.0. The number of methoxy groups -OCH3 is 3. The summed E-state index contributed by atoms with van der Waals surface area (Å²) in [7, 11) is 4.56. The SMILES string of the molecule is COCCn1cnc2c1c(=O)n(CC(=O)OCC(=O)NCc1ccc(OC)c(OC)c1)c(=O)n2Cc1ccccc1. The largest absolute Gasteiger partial charge is 0.493 e. The van der Waals surface area contributed by atoms with Gasteiger partial charge in [0.05, 0.1) is 33.7 Å². The monoisotopic (exact) mass is 565 g/mol. The van der Waals surface area contributed by atoms with Crippen LogP contribution in [0.15, 0.2) is 64.4 Å². The number of ether oxygens (including phenoxy) is 4. The minimum absolute atomic E-state index is 0.130. The number of rotatable bonds is 13. The van der Waals surface area contributed by atoms with E-state index < -0.39 is 36.3 Å². The molecule has 13 heteroatoms. The molecule has 0 saturated carbocycles. The summed E-state index contributed by atoms with van der Waals surface area (Å²) in [5.41, 5.74) is 0.473. The first-order valence-electron chi connectivity index (χ1n) is 12.7. The van der Waals surface area contributed by atoms with Crippen molar-refractivity contribution in [3.8, 4) is 11.5 Å². The maximum absolute atomic E-state index is 13.4. The van der Waals surface area contributed by atoms with Gasteiger partial charge in [0.1, 0.15) is 6.54 Å². The van der Waals surface area contributed by atoms with Gasteiger partial charge in [-0.25, -0.2) is 14.3 Å². The van der Waals surface area contributed by atoms with Crippen LogP contribution in [0.1, 0.15) is 11.1 Å². The first-order chi connectivity index (χ1) is 19.9. The second kappa shape index (κ2) is 13.4. The summed E-state index contributed by atoms with van der Waals surface area (Å²) in [5, 5.41) is 2.64. The van der Waals surface area contributed by atoms with Gasteiger partial charge in [0, 0.05) is 20.2 Å². The lowest BCUT2D eigenvalue weighted by atomic mass is 10.2. The predicted molar refractivity (Wildman–Crippen MR) is 148 cm³/mol. The Kier molecular flexibility index (Phi) is 9.53. The van der Waals surface area contributed by atoms with Gasteiger partial charge in [0.25, 0.3) is 11.5 Å². The maximum atomic E-state index is 13.4. The van der Waals surface area contributed by atoms with Gasteiger partial charge in [-0.15, -0.1) is 0 Å². The molecule has 0 bridgehead atoms. The van der Waals surface area contributed by atoms with Crippen LogP contribution in [0.3, 0.4) is 0 Å². The van der Waals surface area contributed by atoms with Crippen molar-refractivity contribution in [2.24, 2.45) is 0 Å². The lowest BCUT2D eigenvalue weighted by Crippen LogP contribution is -2.43. The number of fused-ring (bicyclic) bond motifs is 1. The minimum Gasteiger partial charge on any atom is -0.493 e. The molecule has 0 radical (unpaired) electrons. The summed E-state index contributed by atoms with van der Waals surface area (Å²) in [4.78, 5) is 56.1. The Morgan fingerprint density at radius 3 is 2.39 bits per heavy atom. The number of aromatic nitrogens is 4. The molecular formula is C28H31N5O8. The van der Waals surface area contributed by atoms with E-state index in [0.717, 1.165) is 15.7 Å². The molecule has 0 fully saturated rings. The van der Waals surface area contributed by atoms with Crippen LogP contribution in [-0.4, -0.2) is 65.1 Å². The third-order valence-electron chi connectivity index (χ3n) is 6.29. The molecule has 4 rings (SSSR count). The van der Waals surface area contributed by atoms with Crippen molar-refractivity contribution in [2.45, 2.75) is 26.2 Å². The van der Waals surface area contributed by atoms with Crippen LogP contribution in [0.2, 0.25) is 0 Å². The Morgan fingerprint density at radius 1 is 0.927 bits per heavy atom. The number of nitrogens with one attached hydrogen (secondary N) is 1. The van der Waals surface area contributed by atoms with E-state index in [9.17, 15) is 19.2 Å². The summed E-state index contributed by atoms with van der Waals surface area (Å²) in [6.07, 6.45) is 1.46. The van der Waals surface area contributed by atoms with E-state index in [0.29, 0.717) is 24.7 Å². The highest BCUT2D eigenvalue weighted by molar-refractivity contribution is 5.80. The quantitative estimate of drug-likeness (QED) is 0.234. The zero-order valence-electron chi connectivity index (χ0n) is 23.0. The standard InChI is InChI=1S/C28H31N5O8/c1-38-12-11-31-18-30-26-25(31)27(36)33(28(37)32(26)15-19-7-5-4-6-8-19)16-24(35)41-17-23(34)29-14-20-9-10-21(39-2)22(13-20)40-3/h4-10,13,18H,11-12,14-17H2,1-3H3,(H,29,34). The first kappa shape index (κ1) is 29.1. The average molecular weight is 566 g/mol. The Morgan fingerprint density at radius 2 is 1.68 bits per heavy atom. The maximum Gasteiger partial charge on any atom is 0.333 e. The highest BCUT2D eigenvalue weighted by atomic mass is 16.5. The molecular weight excluding hydrogens is 534 g/mol. The number of hydrogen-bond donors (Lipinski definition) is 1. The van der Waals surface area contributed by atoms with Crippen LogP contribution >= 0.6 is 0 Å². The van der Waals surface area contributed by atoms with E-state index in [4.69, 9.17) is 18.9 Å². The third kappa shape index (κ3) is 6.81. The number of carbonyl (C=O) groups excluding carboxylic acids is 2. The smallest absolute Gasteiger partial charge is 0.333 e. The Hall–Kier alpha value is -4.91. The van der Waals surface area contributed by atoms with Crippen molar-refractivity contribution in [3.05, 3.63) is 86.8 Å². The van der Waals surface area contributed by atoms with Gasteiger partial charge in [-0.2, -0.15) is 0 Å². The molecule has 0 saturated heterocycles. The lowest BCUT2D eigenvalue weighted by molar-refractivity contribution is -0.149. The van der Waals surface area contributed by atoms with Crippen molar-refractivity contribution in [1.29, 1.82) is 0 Å². The number of nitrogens with zero attached hydrogens (tertiary/aromatic N) is 4. The molecule has 0 aliphatic carbocycles. The number of benzene rings is 2. The lowest BCUT2D eigenvalue weighted by Gasteiger charge is -2.13. The molecule has 2 heterocycles. The fourth-order valence-corrected chi connectivity index (χ4v) is 4.21. The molecule has 0 unspecified atom stereocenters. The van der Waals surface area contributed by atoms with E-state index in [-0.39, 0.29) is 24.3 Å². The number of imidazole rings is 1. The second-order valence-corrected chi connectivity index (χ2v) is 8.98. The number of hydrogen-bond acceptors (Lipinski definition) is 9. The van der Waals surface area contributed by atoms with E-state index in [2.05, 4.69) is 10.3 Å². The van der Waals surface area contributed by atoms with Crippen LogP contribution in [0.25, 0.3) is 11.2 Å². The van der Waals surface area contributed by atoms with Crippen molar-refractivity contribution in [2.75, 3.05) is 34.5 Å². The summed E-state index contributed by atoms with van der Waals surface area (Å²) >= 11 is 0. The number of carbonyl (C=O) groups is 2. The van der Waals surface area contributed by atoms with Crippen LogP contribution in [0.4, 0.5) is 0 Å². The molecule has 0 spiro atoms. The molecule has 2 aromatic carbocycles. The van der Waals surface area contributed by atoms with Crippen LogP contribution in [0.5, 0.6) is 11.5 Å². The number of esters is 1. The molecule has 2 aromatic heterocycles. The molecule has 1 N–H and O–H groups in total. The van der Waals surface area contributed by atoms with Crippen LogP contribution in [-0.2, 0) is 45.2 Å². The molecule has 0 aliphatic rings. The fraction of sp³-hybridized carbons (Fsp3) is 0.321. The van der Waals surface area contributed by atoms with E-state index in [1.165, 1.54) is 32.2 Å². The normalized spacial score (nSPS) is 10.9. The van der Waals surface area contributed by atoms with Gasteiger partial charge in [0.15, 0.2) is 29.3 Å². The molecule has 216 valence electrons. The van der Waals surface area contributed by atoms with Gasteiger partial charge in [-0.3, -0.25) is 19.0 Å². The molecule has 41 heavy (non-hydrogen) atoms. The third-order valence-corrected chi connectivity index (χ3v) is 6.29. The summed E-state index contributed by atoms with van der Waals surface area (Å²) in [6, 6.07) is 14.4. The average Bonchev–Trinajstić information content (AvgIpc) is 3.42. The molecule has 1 amide bonds. The molecule has 4 aromatic rings. The predicted octanol–water partition coefficient (Wildman–Crippen LogP) is 0.931. The summed E-state index contributed by atoms with van der Waals surface area (Å²) in [5.74, 6) is -0.418. The van der Waals surface area contributed by atoms with Gasteiger partial charge in [-0.1, -0.05) is 36.4 Å². The summed E-state index contributed by atoms with van der Waals surface area (Å²) < 4.78 is 24.4. The van der Waals surface area contributed by atoms with E-state index in [1.807, 2.05) is 30.3 Å². The van der Waals surface area contributed by atoms with E-state index in [1.54, 1.807) is 22.8 Å². The topological polar surface area (TPSA) is 145 Å².